The van der Waals surface area contributed by atoms with Crippen molar-refractivity contribution in [2.75, 3.05) is 6.61 Å². The van der Waals surface area contributed by atoms with Crippen molar-refractivity contribution in [3.05, 3.63) is 99.0 Å². The Hall–Kier alpha value is -3.12. The normalized spacial score (nSPS) is 11.8. The van der Waals surface area contributed by atoms with Crippen LogP contribution in [-0.2, 0) is 22.6 Å². The summed E-state index contributed by atoms with van der Waals surface area (Å²) in [5.74, 6) is 0.210. The summed E-state index contributed by atoms with van der Waals surface area (Å²) < 4.78 is 6.96. The van der Waals surface area contributed by atoms with Crippen molar-refractivity contribution in [1.29, 1.82) is 0 Å². The summed E-state index contributed by atoms with van der Waals surface area (Å²) in [5.41, 5.74) is 5.15. The predicted octanol–water partition coefficient (Wildman–Crippen LogP) is 5.92. The molecule has 1 unspecified atom stereocenters. The third-order valence-electron chi connectivity index (χ3n) is 5.95. The summed E-state index contributed by atoms with van der Waals surface area (Å²) in [5, 5.41) is 3.01. The highest BCUT2D eigenvalue weighted by Crippen LogP contribution is 2.26. The van der Waals surface area contributed by atoms with Crippen molar-refractivity contribution >= 4 is 27.7 Å². The minimum atomic E-state index is -0.680. The van der Waals surface area contributed by atoms with Gasteiger partial charge in [0.25, 0.3) is 5.91 Å². The van der Waals surface area contributed by atoms with Crippen LogP contribution in [-0.4, -0.2) is 35.4 Å². The van der Waals surface area contributed by atoms with E-state index in [0.717, 1.165) is 32.3 Å². The highest BCUT2D eigenvalue weighted by Gasteiger charge is 2.31. The number of carbonyl (C=O) groups is 2. The minimum Gasteiger partial charge on any atom is -0.484 e. The second-order valence-electron chi connectivity index (χ2n) is 9.54. The van der Waals surface area contributed by atoms with Crippen molar-refractivity contribution in [3.8, 4) is 5.75 Å². The number of benzene rings is 3. The van der Waals surface area contributed by atoms with E-state index in [1.54, 1.807) is 4.90 Å². The first-order chi connectivity index (χ1) is 17.1. The molecule has 0 bridgehead atoms. The molecule has 0 radical (unpaired) electrons. The summed E-state index contributed by atoms with van der Waals surface area (Å²) in [6.07, 6.45) is 0.410. The van der Waals surface area contributed by atoms with E-state index in [1.807, 2.05) is 101 Å². The van der Waals surface area contributed by atoms with E-state index in [2.05, 4.69) is 21.2 Å². The summed E-state index contributed by atoms with van der Waals surface area (Å²) in [7, 11) is 0. The Labute approximate surface area is 223 Å². The van der Waals surface area contributed by atoms with E-state index in [9.17, 15) is 9.59 Å². The molecule has 3 aromatic rings. The summed E-state index contributed by atoms with van der Waals surface area (Å²) in [6.45, 7) is 9.99. The lowest BCUT2D eigenvalue weighted by Gasteiger charge is -2.32. The van der Waals surface area contributed by atoms with Crippen LogP contribution in [0.1, 0.15) is 41.7 Å². The Balaban J connectivity index is 1.91. The largest absolute Gasteiger partial charge is 0.484 e. The van der Waals surface area contributed by atoms with E-state index in [4.69, 9.17) is 4.74 Å². The number of rotatable bonds is 10. The molecule has 6 heteroatoms. The lowest BCUT2D eigenvalue weighted by molar-refractivity contribution is -0.143. The Morgan fingerprint density at radius 2 is 1.53 bits per heavy atom. The van der Waals surface area contributed by atoms with Crippen LogP contribution in [0.25, 0.3) is 0 Å². The number of amides is 2. The maximum absolute atomic E-state index is 13.7. The van der Waals surface area contributed by atoms with Gasteiger partial charge in [0.2, 0.25) is 5.91 Å². The Morgan fingerprint density at radius 1 is 0.917 bits per heavy atom. The molecule has 0 saturated heterocycles. The molecule has 0 aliphatic rings. The zero-order chi connectivity index (χ0) is 26.2. The minimum absolute atomic E-state index is 0.0444. The van der Waals surface area contributed by atoms with Crippen molar-refractivity contribution in [3.63, 3.8) is 0 Å². The van der Waals surface area contributed by atoms with Gasteiger partial charge < -0.3 is 15.0 Å². The van der Waals surface area contributed by atoms with Crippen LogP contribution in [0, 0.1) is 20.8 Å². The fraction of sp³-hybridized carbons (Fsp3) is 0.333. The topological polar surface area (TPSA) is 58.6 Å². The van der Waals surface area contributed by atoms with Gasteiger partial charge in [-0.2, -0.15) is 0 Å². The summed E-state index contributed by atoms with van der Waals surface area (Å²) in [4.78, 5) is 28.7. The van der Waals surface area contributed by atoms with Crippen molar-refractivity contribution in [2.24, 2.45) is 0 Å². The maximum atomic E-state index is 13.7. The van der Waals surface area contributed by atoms with Gasteiger partial charge in [0.05, 0.1) is 0 Å². The van der Waals surface area contributed by atoms with Gasteiger partial charge in [-0.05, 0) is 69.0 Å². The molecular formula is C30H35BrN2O3. The van der Waals surface area contributed by atoms with Crippen LogP contribution in [0.15, 0.2) is 71.2 Å². The highest BCUT2D eigenvalue weighted by atomic mass is 79.9. The zero-order valence-corrected chi connectivity index (χ0v) is 23.3. The first-order valence-corrected chi connectivity index (χ1v) is 13.0. The molecular weight excluding hydrogens is 516 g/mol. The van der Waals surface area contributed by atoms with Crippen molar-refractivity contribution in [2.45, 2.75) is 59.7 Å². The van der Waals surface area contributed by atoms with Gasteiger partial charge in [0, 0.05) is 23.5 Å². The molecule has 0 fully saturated rings. The molecule has 0 aliphatic carbocycles. The monoisotopic (exact) mass is 550 g/mol. The van der Waals surface area contributed by atoms with E-state index < -0.39 is 6.04 Å². The fourth-order valence-corrected chi connectivity index (χ4v) is 4.27. The Bertz CT molecular complexity index is 1150. The zero-order valence-electron chi connectivity index (χ0n) is 21.7. The van der Waals surface area contributed by atoms with Crippen molar-refractivity contribution < 1.29 is 14.3 Å². The molecule has 1 atom stereocenters. The smallest absolute Gasteiger partial charge is 0.261 e. The number of nitrogens with zero attached hydrogens (tertiary/aromatic N) is 1. The SMILES string of the molecule is Cc1ccc(CN(C(=O)COc2cc(C)c(Br)c(C)c2)C(Cc2ccccc2)C(=O)NC(C)C)cc1. The molecule has 0 aliphatic heterocycles. The number of halogens is 1. The number of hydrogen-bond acceptors (Lipinski definition) is 3. The molecule has 5 nitrogen and oxygen atoms in total. The second kappa shape index (κ2) is 12.7. The second-order valence-corrected chi connectivity index (χ2v) is 10.3. The van der Waals surface area contributed by atoms with Gasteiger partial charge in [0.15, 0.2) is 6.61 Å². The molecule has 0 aromatic heterocycles. The van der Waals surface area contributed by atoms with Crippen LogP contribution >= 0.6 is 15.9 Å². The predicted molar refractivity (Wildman–Crippen MR) is 148 cm³/mol. The maximum Gasteiger partial charge on any atom is 0.261 e. The molecule has 190 valence electrons. The first kappa shape index (κ1) is 27.5. The van der Waals surface area contributed by atoms with Crippen LogP contribution in [0.3, 0.4) is 0 Å². The number of nitrogens with one attached hydrogen (secondary N) is 1. The quantitative estimate of drug-likeness (QED) is 0.341. The number of aryl methyl sites for hydroxylation is 3. The average Bonchev–Trinajstić information content (AvgIpc) is 2.84. The standard InChI is InChI=1S/C30H35BrN2O3/c1-20(2)32-30(35)27(17-24-9-7-6-8-10-24)33(18-25-13-11-21(3)12-14-25)28(34)19-36-26-15-22(4)29(31)23(5)16-26/h6-16,20,27H,17-19H2,1-5H3,(H,32,35). The first-order valence-electron chi connectivity index (χ1n) is 12.2. The average molecular weight is 552 g/mol. The number of hydrogen-bond donors (Lipinski definition) is 1. The van der Waals surface area contributed by atoms with Gasteiger partial charge in [-0.15, -0.1) is 0 Å². The van der Waals surface area contributed by atoms with Crippen LogP contribution < -0.4 is 10.1 Å². The molecule has 2 amide bonds. The number of carbonyl (C=O) groups excluding carboxylic acids is 2. The Morgan fingerprint density at radius 3 is 2.11 bits per heavy atom. The molecule has 0 saturated carbocycles. The van der Waals surface area contributed by atoms with Gasteiger partial charge in [-0.1, -0.05) is 76.1 Å². The van der Waals surface area contributed by atoms with Gasteiger partial charge in [-0.25, -0.2) is 0 Å². The van der Waals surface area contributed by atoms with E-state index in [0.29, 0.717) is 18.7 Å². The van der Waals surface area contributed by atoms with E-state index in [-0.39, 0.29) is 24.5 Å². The van der Waals surface area contributed by atoms with E-state index >= 15 is 0 Å². The molecule has 3 rings (SSSR count). The molecule has 0 spiro atoms. The van der Waals surface area contributed by atoms with Crippen LogP contribution in [0.5, 0.6) is 5.75 Å². The fourth-order valence-electron chi connectivity index (χ4n) is 4.04. The molecule has 36 heavy (non-hydrogen) atoms. The lowest BCUT2D eigenvalue weighted by Crippen LogP contribution is -2.52. The highest BCUT2D eigenvalue weighted by molar-refractivity contribution is 9.10. The van der Waals surface area contributed by atoms with Crippen LogP contribution in [0.4, 0.5) is 0 Å². The molecule has 3 aromatic carbocycles. The third kappa shape index (κ3) is 7.69. The molecule has 1 N–H and O–H groups in total. The third-order valence-corrected chi connectivity index (χ3v) is 7.20. The molecule has 0 heterocycles. The lowest BCUT2D eigenvalue weighted by atomic mass is 10.0. The summed E-state index contributed by atoms with van der Waals surface area (Å²) >= 11 is 3.57. The summed E-state index contributed by atoms with van der Waals surface area (Å²) in [6, 6.07) is 20.9. The van der Waals surface area contributed by atoms with Crippen LogP contribution in [0.2, 0.25) is 0 Å². The van der Waals surface area contributed by atoms with Gasteiger partial charge in [0.1, 0.15) is 11.8 Å². The van der Waals surface area contributed by atoms with Gasteiger partial charge in [-0.3, -0.25) is 9.59 Å². The van der Waals surface area contributed by atoms with Gasteiger partial charge >= 0.3 is 0 Å². The number of ether oxygens (including phenoxy) is 1. The van der Waals surface area contributed by atoms with Crippen molar-refractivity contribution in [1.82, 2.24) is 10.2 Å². The van der Waals surface area contributed by atoms with E-state index in [1.165, 1.54) is 0 Å². The Kier molecular flexibility index (Phi) is 9.71.